The van der Waals surface area contributed by atoms with Crippen LogP contribution in [-0.4, -0.2) is 56.1 Å². The van der Waals surface area contributed by atoms with Crippen molar-refractivity contribution >= 4 is 10.0 Å². The molecule has 1 aliphatic rings. The Hall–Kier alpha value is -2.68. The molecule has 1 saturated heterocycles. The van der Waals surface area contributed by atoms with Crippen LogP contribution in [0.3, 0.4) is 0 Å². The summed E-state index contributed by atoms with van der Waals surface area (Å²) in [5.41, 5.74) is 3.57. The van der Waals surface area contributed by atoms with Gasteiger partial charge in [0, 0.05) is 43.9 Å². The summed E-state index contributed by atoms with van der Waals surface area (Å²) in [6, 6.07) is 15.3. The van der Waals surface area contributed by atoms with Gasteiger partial charge >= 0.3 is 0 Å². The minimum atomic E-state index is -3.72. The molecule has 8 heteroatoms. The van der Waals surface area contributed by atoms with Crippen molar-refractivity contribution in [2.24, 2.45) is 0 Å². The molecule has 0 spiro atoms. The lowest BCUT2D eigenvalue weighted by Gasteiger charge is -2.34. The van der Waals surface area contributed by atoms with Crippen LogP contribution in [0.1, 0.15) is 16.8 Å². The van der Waals surface area contributed by atoms with Crippen molar-refractivity contribution in [2.75, 3.05) is 33.3 Å². The summed E-state index contributed by atoms with van der Waals surface area (Å²) < 4.78 is 39.3. The van der Waals surface area contributed by atoms with E-state index in [1.165, 1.54) is 17.0 Å². The van der Waals surface area contributed by atoms with Crippen LogP contribution in [0.5, 0.6) is 5.75 Å². The van der Waals surface area contributed by atoms with Crippen LogP contribution in [0, 0.1) is 13.8 Å². The van der Waals surface area contributed by atoms with Crippen LogP contribution in [0.25, 0.3) is 11.3 Å². The first-order chi connectivity index (χ1) is 14.9. The zero-order valence-electron chi connectivity index (χ0n) is 18.0. The minimum absolute atomic E-state index is 0.150. The third-order valence-electron chi connectivity index (χ3n) is 5.78. The fourth-order valence-corrected chi connectivity index (χ4v) is 5.42. The van der Waals surface area contributed by atoms with Crippen molar-refractivity contribution in [3.8, 4) is 17.1 Å². The zero-order valence-corrected chi connectivity index (χ0v) is 18.9. The van der Waals surface area contributed by atoms with Gasteiger partial charge in [-0.1, -0.05) is 35.5 Å². The number of piperazine rings is 1. The highest BCUT2D eigenvalue weighted by molar-refractivity contribution is 7.89. The van der Waals surface area contributed by atoms with E-state index < -0.39 is 10.0 Å². The first-order valence-electron chi connectivity index (χ1n) is 10.3. The molecule has 1 aliphatic heterocycles. The molecule has 1 aromatic heterocycles. The van der Waals surface area contributed by atoms with Crippen LogP contribution >= 0.6 is 0 Å². The van der Waals surface area contributed by atoms with Crippen molar-refractivity contribution < 1.29 is 17.7 Å². The molecule has 0 N–H and O–H groups in total. The molecule has 4 rings (SSSR count). The van der Waals surface area contributed by atoms with Crippen LogP contribution in [-0.2, 0) is 16.6 Å². The average Bonchev–Trinajstić information content (AvgIpc) is 3.12. The van der Waals surface area contributed by atoms with Gasteiger partial charge in [0.2, 0.25) is 10.0 Å². The summed E-state index contributed by atoms with van der Waals surface area (Å²) in [4.78, 5) is 2.42. The lowest BCUT2D eigenvalue weighted by molar-refractivity contribution is 0.181. The lowest BCUT2D eigenvalue weighted by Crippen LogP contribution is -2.48. The SMILES string of the molecule is COc1ccc(-c2onc(C)c2C)cc1S(=O)(=O)N1CCN(Cc2ccccc2)CC1. The van der Waals surface area contributed by atoms with Gasteiger partial charge in [0.25, 0.3) is 0 Å². The molecule has 0 radical (unpaired) electrons. The average molecular weight is 442 g/mol. The van der Waals surface area contributed by atoms with Crippen molar-refractivity contribution in [3.63, 3.8) is 0 Å². The van der Waals surface area contributed by atoms with E-state index in [-0.39, 0.29) is 4.90 Å². The number of aryl methyl sites for hydroxylation is 1. The van der Waals surface area contributed by atoms with Crippen LogP contribution in [0.4, 0.5) is 0 Å². The molecule has 31 heavy (non-hydrogen) atoms. The highest BCUT2D eigenvalue weighted by Crippen LogP contribution is 2.34. The molecular weight excluding hydrogens is 414 g/mol. The second kappa shape index (κ2) is 8.82. The molecule has 0 amide bonds. The molecular formula is C23H27N3O4S. The van der Waals surface area contributed by atoms with E-state index in [0.29, 0.717) is 43.3 Å². The van der Waals surface area contributed by atoms with Gasteiger partial charge < -0.3 is 9.26 Å². The Labute approximate surface area is 183 Å². The van der Waals surface area contributed by atoms with Gasteiger partial charge in [-0.15, -0.1) is 0 Å². The van der Waals surface area contributed by atoms with E-state index in [4.69, 9.17) is 9.26 Å². The van der Waals surface area contributed by atoms with E-state index in [1.807, 2.05) is 32.0 Å². The minimum Gasteiger partial charge on any atom is -0.495 e. The van der Waals surface area contributed by atoms with Gasteiger partial charge in [0.15, 0.2) is 5.76 Å². The molecule has 0 saturated carbocycles. The number of rotatable bonds is 6. The van der Waals surface area contributed by atoms with E-state index in [2.05, 4.69) is 22.2 Å². The maximum absolute atomic E-state index is 13.5. The monoisotopic (exact) mass is 441 g/mol. The highest BCUT2D eigenvalue weighted by Gasteiger charge is 2.31. The summed E-state index contributed by atoms with van der Waals surface area (Å²) in [6.07, 6.45) is 0. The quantitative estimate of drug-likeness (QED) is 0.583. The maximum Gasteiger partial charge on any atom is 0.246 e. The molecule has 0 aliphatic carbocycles. The summed E-state index contributed by atoms with van der Waals surface area (Å²) in [5.74, 6) is 0.897. The largest absolute Gasteiger partial charge is 0.495 e. The summed E-state index contributed by atoms with van der Waals surface area (Å²) in [5, 5.41) is 3.99. The Morgan fingerprint density at radius 1 is 1.03 bits per heavy atom. The van der Waals surface area contributed by atoms with Crippen molar-refractivity contribution in [2.45, 2.75) is 25.3 Å². The molecule has 0 unspecified atom stereocenters. The number of aromatic nitrogens is 1. The summed E-state index contributed by atoms with van der Waals surface area (Å²) in [7, 11) is -2.24. The normalized spacial score (nSPS) is 15.8. The van der Waals surface area contributed by atoms with Gasteiger partial charge in [-0.3, -0.25) is 4.90 Å². The van der Waals surface area contributed by atoms with E-state index in [9.17, 15) is 8.42 Å². The predicted molar refractivity (Wildman–Crippen MR) is 118 cm³/mol. The number of hydrogen-bond donors (Lipinski definition) is 0. The van der Waals surface area contributed by atoms with Crippen LogP contribution in [0.15, 0.2) is 57.9 Å². The topological polar surface area (TPSA) is 75.9 Å². The van der Waals surface area contributed by atoms with Crippen molar-refractivity contribution in [1.29, 1.82) is 0 Å². The van der Waals surface area contributed by atoms with E-state index >= 15 is 0 Å². The summed E-state index contributed by atoms with van der Waals surface area (Å²) >= 11 is 0. The van der Waals surface area contributed by atoms with Gasteiger partial charge in [-0.05, 0) is 37.6 Å². The molecule has 164 valence electrons. The number of sulfonamides is 1. The third kappa shape index (κ3) is 4.37. The lowest BCUT2D eigenvalue weighted by atomic mass is 10.1. The van der Waals surface area contributed by atoms with E-state index in [1.54, 1.807) is 18.2 Å². The standard InChI is InChI=1S/C23H27N3O4S/c1-17-18(2)24-30-23(17)20-9-10-21(29-3)22(15-20)31(27,28)26-13-11-25(12-14-26)16-19-7-5-4-6-8-19/h4-10,15H,11-14,16H2,1-3H3. The Morgan fingerprint density at radius 2 is 1.74 bits per heavy atom. The van der Waals surface area contributed by atoms with Gasteiger partial charge in [-0.25, -0.2) is 8.42 Å². The van der Waals surface area contributed by atoms with E-state index in [0.717, 1.165) is 17.8 Å². The summed E-state index contributed by atoms with van der Waals surface area (Å²) in [6.45, 7) is 6.81. The highest BCUT2D eigenvalue weighted by atomic mass is 32.2. The maximum atomic E-state index is 13.5. The first-order valence-corrected chi connectivity index (χ1v) is 11.7. The Bertz CT molecular complexity index is 1150. The fourth-order valence-electron chi connectivity index (χ4n) is 3.81. The van der Waals surface area contributed by atoms with Crippen LogP contribution in [0.2, 0.25) is 0 Å². The molecule has 2 aromatic carbocycles. The number of ether oxygens (including phenoxy) is 1. The Kier molecular flexibility index (Phi) is 6.13. The second-order valence-electron chi connectivity index (χ2n) is 7.75. The van der Waals surface area contributed by atoms with Gasteiger partial charge in [0.1, 0.15) is 10.6 Å². The van der Waals surface area contributed by atoms with Gasteiger partial charge in [-0.2, -0.15) is 4.31 Å². The second-order valence-corrected chi connectivity index (χ2v) is 9.66. The molecule has 3 aromatic rings. The smallest absolute Gasteiger partial charge is 0.246 e. The van der Waals surface area contributed by atoms with Gasteiger partial charge in [0.05, 0.1) is 12.8 Å². The fraction of sp³-hybridized carbons (Fsp3) is 0.348. The molecule has 0 bridgehead atoms. The zero-order chi connectivity index (χ0) is 22.0. The molecule has 7 nitrogen and oxygen atoms in total. The number of nitrogens with zero attached hydrogens (tertiary/aromatic N) is 3. The first kappa shape index (κ1) is 21.5. The van der Waals surface area contributed by atoms with Crippen molar-refractivity contribution in [3.05, 3.63) is 65.4 Å². The molecule has 1 fully saturated rings. The third-order valence-corrected chi connectivity index (χ3v) is 7.70. The Morgan fingerprint density at radius 3 is 2.35 bits per heavy atom. The molecule has 2 heterocycles. The van der Waals surface area contributed by atoms with Crippen LogP contribution < -0.4 is 4.74 Å². The number of methoxy groups -OCH3 is 1. The predicted octanol–water partition coefficient (Wildman–Crippen LogP) is 3.47. The molecule has 0 atom stereocenters. The number of benzene rings is 2. The Balaban J connectivity index is 1.56. The van der Waals surface area contributed by atoms with Crippen molar-refractivity contribution in [1.82, 2.24) is 14.4 Å². The number of hydrogen-bond acceptors (Lipinski definition) is 6.